The van der Waals surface area contributed by atoms with Crippen molar-refractivity contribution in [2.75, 3.05) is 0 Å². The summed E-state index contributed by atoms with van der Waals surface area (Å²) in [6.07, 6.45) is 1.34. The molecule has 0 atom stereocenters. The van der Waals surface area contributed by atoms with Crippen molar-refractivity contribution in [3.8, 4) is 0 Å². The molecule has 0 aliphatic rings. The van der Waals surface area contributed by atoms with Crippen LogP contribution in [0.25, 0.3) is 0 Å². The maximum Gasteiger partial charge on any atom is 0.187 e. The maximum atomic E-state index is 11.7. The summed E-state index contributed by atoms with van der Waals surface area (Å²) in [4.78, 5) is 0. The minimum Gasteiger partial charge on any atom is -0.328 e. The van der Waals surface area contributed by atoms with Gasteiger partial charge in [-0.15, -0.1) is 0 Å². The van der Waals surface area contributed by atoms with Gasteiger partial charge in [-0.05, 0) is 27.7 Å². The van der Waals surface area contributed by atoms with Crippen LogP contribution in [0.15, 0.2) is 0 Å². The average molecular weight is 193 g/mol. The van der Waals surface area contributed by atoms with Crippen LogP contribution in [0.4, 0.5) is 0 Å². The van der Waals surface area contributed by atoms with Crippen LogP contribution in [0.2, 0.25) is 0 Å². The van der Waals surface area contributed by atoms with Crippen LogP contribution in [0.5, 0.6) is 0 Å². The zero-order chi connectivity index (χ0) is 9.78. The Morgan fingerprint density at radius 1 is 1.08 bits per heavy atom. The second kappa shape index (κ2) is 5.00. The molecule has 0 heterocycles. The third kappa shape index (κ3) is 4.91. The molecule has 3 nitrogen and oxygen atoms in total. The molecule has 0 bridgehead atoms. The Labute approximate surface area is 75.0 Å². The Bertz CT molecular complexity index is 152. The summed E-state index contributed by atoms with van der Waals surface area (Å²) in [7, 11) is -2.94. The third-order valence-corrected chi connectivity index (χ3v) is 3.10. The van der Waals surface area contributed by atoms with E-state index in [2.05, 4.69) is 0 Å². The van der Waals surface area contributed by atoms with Crippen LogP contribution in [0, 0.1) is 6.16 Å². The highest BCUT2D eigenvalue weighted by Crippen LogP contribution is 2.52. The van der Waals surface area contributed by atoms with Gasteiger partial charge in [0.05, 0.1) is 12.2 Å². The monoisotopic (exact) mass is 193 g/mol. The van der Waals surface area contributed by atoms with Crippen LogP contribution in [-0.2, 0) is 13.6 Å². The van der Waals surface area contributed by atoms with Gasteiger partial charge in [-0.3, -0.25) is 4.57 Å². The highest BCUT2D eigenvalue weighted by atomic mass is 31.2. The van der Waals surface area contributed by atoms with Crippen LogP contribution in [0.1, 0.15) is 34.6 Å². The molecule has 12 heavy (non-hydrogen) atoms. The molecule has 0 N–H and O–H groups in total. The van der Waals surface area contributed by atoms with E-state index < -0.39 is 7.60 Å². The first-order valence-electron chi connectivity index (χ1n) is 4.16. The SMILES string of the molecule is C[CH-]P(=O)(OC(C)C)OC(C)C. The summed E-state index contributed by atoms with van der Waals surface area (Å²) in [6.45, 7) is 9.02. The Morgan fingerprint density at radius 2 is 1.42 bits per heavy atom. The smallest absolute Gasteiger partial charge is 0.187 e. The van der Waals surface area contributed by atoms with Gasteiger partial charge in [-0.1, -0.05) is 0 Å². The Hall–Kier alpha value is 0.150. The lowest BCUT2D eigenvalue weighted by Crippen LogP contribution is -2.07. The summed E-state index contributed by atoms with van der Waals surface area (Å²) >= 11 is 0. The molecule has 0 aromatic rings. The minimum atomic E-state index is -2.94. The fourth-order valence-corrected chi connectivity index (χ4v) is 2.20. The standard InChI is InChI=1S/C8H18O3P/c1-6-12(9,10-7(2)3)11-8(4)5/h6-8H,1-5H3/q-1. The predicted octanol–water partition coefficient (Wildman–Crippen LogP) is 3.21. The average Bonchev–Trinajstić information content (AvgIpc) is 1.83. The van der Waals surface area contributed by atoms with Crippen molar-refractivity contribution < 1.29 is 13.6 Å². The van der Waals surface area contributed by atoms with E-state index in [1.54, 1.807) is 6.92 Å². The molecule has 0 radical (unpaired) electrons. The number of hydrogen-bond acceptors (Lipinski definition) is 3. The molecule has 0 saturated heterocycles. The lowest BCUT2D eigenvalue weighted by Gasteiger charge is -2.28. The molecule has 0 spiro atoms. The van der Waals surface area contributed by atoms with E-state index >= 15 is 0 Å². The molecule has 0 fully saturated rings. The summed E-state index contributed by atoms with van der Waals surface area (Å²) in [5.74, 6) is 0. The highest BCUT2D eigenvalue weighted by molar-refractivity contribution is 7.56. The van der Waals surface area contributed by atoms with Crippen molar-refractivity contribution >= 4 is 7.60 Å². The Kier molecular flexibility index (Phi) is 5.07. The highest BCUT2D eigenvalue weighted by Gasteiger charge is 2.15. The number of hydrogen-bond donors (Lipinski definition) is 0. The second-order valence-corrected chi connectivity index (χ2v) is 5.12. The summed E-state index contributed by atoms with van der Waals surface area (Å²) in [6, 6.07) is 0. The van der Waals surface area contributed by atoms with Gasteiger partial charge in [-0.25, -0.2) is 6.16 Å². The van der Waals surface area contributed by atoms with Gasteiger partial charge in [-0.2, -0.15) is 6.92 Å². The van der Waals surface area contributed by atoms with E-state index in [9.17, 15) is 4.57 Å². The van der Waals surface area contributed by atoms with Crippen molar-refractivity contribution in [2.45, 2.75) is 46.8 Å². The van der Waals surface area contributed by atoms with Gasteiger partial charge in [0, 0.05) is 0 Å². The van der Waals surface area contributed by atoms with Gasteiger partial charge in [0.15, 0.2) is 7.60 Å². The molecule has 0 unspecified atom stereocenters. The van der Waals surface area contributed by atoms with Crippen molar-refractivity contribution in [3.63, 3.8) is 0 Å². The first-order valence-corrected chi connectivity index (χ1v) is 5.78. The molecule has 0 aliphatic heterocycles. The van der Waals surface area contributed by atoms with E-state index in [1.807, 2.05) is 27.7 Å². The molecule has 74 valence electrons. The van der Waals surface area contributed by atoms with Crippen LogP contribution < -0.4 is 0 Å². The van der Waals surface area contributed by atoms with Crippen LogP contribution >= 0.6 is 7.60 Å². The van der Waals surface area contributed by atoms with Crippen molar-refractivity contribution in [1.29, 1.82) is 0 Å². The minimum absolute atomic E-state index is 0.0780. The van der Waals surface area contributed by atoms with Crippen molar-refractivity contribution in [2.24, 2.45) is 0 Å². The molecule has 0 amide bonds. The molecule has 0 aromatic heterocycles. The third-order valence-electron chi connectivity index (χ3n) is 1.03. The fourth-order valence-electron chi connectivity index (χ4n) is 0.734. The quantitative estimate of drug-likeness (QED) is 0.496. The summed E-state index contributed by atoms with van der Waals surface area (Å²) in [5.41, 5.74) is 0. The summed E-state index contributed by atoms with van der Waals surface area (Å²) in [5, 5.41) is 0. The first kappa shape index (κ1) is 12.2. The first-order chi connectivity index (χ1) is 5.39. The lowest BCUT2D eigenvalue weighted by atomic mass is 10.5. The van der Waals surface area contributed by atoms with Crippen LogP contribution in [0.3, 0.4) is 0 Å². The van der Waals surface area contributed by atoms with Gasteiger partial charge < -0.3 is 9.05 Å². The second-order valence-electron chi connectivity index (χ2n) is 3.11. The lowest BCUT2D eigenvalue weighted by molar-refractivity contribution is 0.147. The predicted molar refractivity (Wildman–Crippen MR) is 50.0 cm³/mol. The van der Waals surface area contributed by atoms with Gasteiger partial charge in [0.2, 0.25) is 0 Å². The van der Waals surface area contributed by atoms with E-state index in [4.69, 9.17) is 9.05 Å². The molecule has 0 aromatic carbocycles. The maximum absolute atomic E-state index is 11.7. The van der Waals surface area contributed by atoms with E-state index in [0.717, 1.165) is 0 Å². The van der Waals surface area contributed by atoms with E-state index in [1.165, 1.54) is 6.16 Å². The molecule has 0 aliphatic carbocycles. The van der Waals surface area contributed by atoms with Gasteiger partial charge in [0.25, 0.3) is 0 Å². The molecule has 4 heteroatoms. The largest absolute Gasteiger partial charge is 0.328 e. The molecule has 0 rings (SSSR count). The van der Waals surface area contributed by atoms with Crippen molar-refractivity contribution in [3.05, 3.63) is 6.16 Å². The van der Waals surface area contributed by atoms with Gasteiger partial charge in [0.1, 0.15) is 0 Å². The van der Waals surface area contributed by atoms with E-state index in [0.29, 0.717) is 0 Å². The Morgan fingerprint density at radius 3 is 1.58 bits per heavy atom. The van der Waals surface area contributed by atoms with Crippen LogP contribution in [-0.4, -0.2) is 12.2 Å². The topological polar surface area (TPSA) is 35.5 Å². The molecular weight excluding hydrogens is 175 g/mol. The fraction of sp³-hybridized carbons (Fsp3) is 0.875. The van der Waals surface area contributed by atoms with Crippen molar-refractivity contribution in [1.82, 2.24) is 0 Å². The molecular formula is C8H18O3P-. The Balaban J connectivity index is 4.15. The zero-order valence-corrected chi connectivity index (χ0v) is 9.30. The zero-order valence-electron chi connectivity index (χ0n) is 8.40. The van der Waals surface area contributed by atoms with Gasteiger partial charge >= 0.3 is 0 Å². The number of rotatable bonds is 5. The normalized spacial score (nSPS) is 12.9. The van der Waals surface area contributed by atoms with E-state index in [-0.39, 0.29) is 12.2 Å². The molecule has 0 saturated carbocycles. The summed E-state index contributed by atoms with van der Waals surface area (Å²) < 4.78 is 22.1.